The molecule has 0 fully saturated rings. The number of fused-ring (bicyclic) bond motifs is 2. The van der Waals surface area contributed by atoms with Crippen molar-refractivity contribution in [2.24, 2.45) is 4.99 Å². The van der Waals surface area contributed by atoms with Gasteiger partial charge in [-0.3, -0.25) is 9.36 Å². The van der Waals surface area contributed by atoms with Gasteiger partial charge >= 0.3 is 5.97 Å². The number of aromatic nitrogens is 2. The maximum Gasteiger partial charge on any atom is 0.338 e. The van der Waals surface area contributed by atoms with Crippen LogP contribution in [-0.4, -0.2) is 36.3 Å². The smallest absolute Gasteiger partial charge is 0.338 e. The Hall–Kier alpha value is -5.67. The molecule has 0 saturated heterocycles. The van der Waals surface area contributed by atoms with E-state index in [-0.39, 0.29) is 17.7 Å². The zero-order chi connectivity index (χ0) is 34.2. The summed E-state index contributed by atoms with van der Waals surface area (Å²) in [4.78, 5) is 37.8. The van der Waals surface area contributed by atoms with Gasteiger partial charge in [-0.1, -0.05) is 89.7 Å². The van der Waals surface area contributed by atoms with Gasteiger partial charge in [-0.15, -0.1) is 0 Å². The third-order valence-electron chi connectivity index (χ3n) is 8.72. The quantitative estimate of drug-likeness (QED) is 0.182. The molecule has 0 bridgehead atoms. The average Bonchev–Trinajstić information content (AvgIpc) is 3.64. The van der Waals surface area contributed by atoms with E-state index in [1.807, 2.05) is 60.7 Å². The second-order valence-electron chi connectivity index (χ2n) is 11.8. The second kappa shape index (κ2) is 13.1. The first-order valence-corrected chi connectivity index (χ1v) is 16.8. The van der Waals surface area contributed by atoms with Gasteiger partial charge in [-0.2, -0.15) is 0 Å². The molecule has 2 aromatic heterocycles. The number of aromatic amines is 1. The normalized spacial score (nSPS) is 14.5. The Morgan fingerprint density at radius 3 is 2.29 bits per heavy atom. The first kappa shape index (κ1) is 31.9. The molecule has 0 amide bonds. The van der Waals surface area contributed by atoms with Crippen molar-refractivity contribution in [1.82, 2.24) is 9.55 Å². The number of esters is 1. The fourth-order valence-corrected chi connectivity index (χ4v) is 7.55. The predicted octanol–water partition coefficient (Wildman–Crippen LogP) is 6.72. The van der Waals surface area contributed by atoms with E-state index in [1.54, 1.807) is 37.8 Å². The molecular formula is C40H35N3O5S. The molecule has 0 radical (unpaired) electrons. The molecule has 9 heteroatoms. The molecule has 3 heterocycles. The molecule has 6 aromatic rings. The fourth-order valence-electron chi connectivity index (χ4n) is 6.57. The molecule has 0 aliphatic carbocycles. The van der Waals surface area contributed by atoms with Gasteiger partial charge in [0.05, 0.1) is 48.4 Å². The van der Waals surface area contributed by atoms with E-state index in [4.69, 9.17) is 19.2 Å². The number of ether oxygens (including phenoxy) is 3. The molecule has 1 aliphatic heterocycles. The van der Waals surface area contributed by atoms with Crippen molar-refractivity contribution in [3.63, 3.8) is 0 Å². The monoisotopic (exact) mass is 669 g/mol. The maximum absolute atomic E-state index is 14.7. The number of thiazole rings is 1. The fraction of sp³-hybridized carbons (Fsp3) is 0.175. The van der Waals surface area contributed by atoms with Gasteiger partial charge in [0, 0.05) is 22.0 Å². The Balaban J connectivity index is 1.55. The van der Waals surface area contributed by atoms with Crippen LogP contribution in [0.3, 0.4) is 0 Å². The summed E-state index contributed by atoms with van der Waals surface area (Å²) in [7, 11) is 3.12. The van der Waals surface area contributed by atoms with E-state index in [1.165, 1.54) is 11.3 Å². The number of nitrogens with one attached hydrogen (secondary N) is 1. The first-order chi connectivity index (χ1) is 23.8. The SMILES string of the molecule is CCOC(=O)C1=C(c2ccccc2)N=c2s/c(=C/c3c(-c4ccccc4)[nH]c4c(C)cc(C)cc34)c(=O)n2[C@H]1c1ccc(OC)c(OC)c1. The van der Waals surface area contributed by atoms with Crippen LogP contribution in [0.5, 0.6) is 11.5 Å². The minimum absolute atomic E-state index is 0.162. The van der Waals surface area contributed by atoms with Crippen LogP contribution in [0.4, 0.5) is 0 Å². The number of rotatable bonds is 8. The highest BCUT2D eigenvalue weighted by Crippen LogP contribution is 2.39. The van der Waals surface area contributed by atoms with Crippen molar-refractivity contribution < 1.29 is 19.0 Å². The van der Waals surface area contributed by atoms with Crippen LogP contribution >= 0.6 is 11.3 Å². The molecule has 8 nitrogen and oxygen atoms in total. The summed E-state index contributed by atoms with van der Waals surface area (Å²) in [6.45, 7) is 6.08. The maximum atomic E-state index is 14.7. The number of benzene rings is 4. The average molecular weight is 670 g/mol. The van der Waals surface area contributed by atoms with Crippen molar-refractivity contribution >= 4 is 40.0 Å². The summed E-state index contributed by atoms with van der Waals surface area (Å²) in [5.74, 6) is 0.454. The molecular weight excluding hydrogens is 635 g/mol. The van der Waals surface area contributed by atoms with E-state index in [2.05, 4.69) is 43.1 Å². The first-order valence-electron chi connectivity index (χ1n) is 16.0. The minimum Gasteiger partial charge on any atom is -0.493 e. The van der Waals surface area contributed by atoms with Gasteiger partial charge in [0.15, 0.2) is 16.3 Å². The zero-order valence-electron chi connectivity index (χ0n) is 27.9. The Morgan fingerprint density at radius 2 is 1.61 bits per heavy atom. The van der Waals surface area contributed by atoms with E-state index >= 15 is 0 Å². The van der Waals surface area contributed by atoms with Gasteiger partial charge in [0.2, 0.25) is 0 Å². The molecule has 7 rings (SSSR count). The van der Waals surface area contributed by atoms with Crippen LogP contribution in [0, 0.1) is 13.8 Å². The Bertz CT molecular complexity index is 2440. The van der Waals surface area contributed by atoms with Crippen molar-refractivity contribution in [3.8, 4) is 22.8 Å². The predicted molar refractivity (Wildman–Crippen MR) is 194 cm³/mol. The van der Waals surface area contributed by atoms with Gasteiger partial charge < -0.3 is 19.2 Å². The molecule has 49 heavy (non-hydrogen) atoms. The van der Waals surface area contributed by atoms with Crippen LogP contribution in [0.1, 0.15) is 40.8 Å². The van der Waals surface area contributed by atoms with Crippen LogP contribution in [0.25, 0.3) is 33.9 Å². The molecule has 1 N–H and O–H groups in total. The number of carbonyl (C=O) groups is 1. The molecule has 0 spiro atoms. The van der Waals surface area contributed by atoms with Crippen LogP contribution in [-0.2, 0) is 9.53 Å². The second-order valence-corrected chi connectivity index (χ2v) is 12.8. The molecule has 4 aromatic carbocycles. The number of carbonyl (C=O) groups excluding carboxylic acids is 1. The van der Waals surface area contributed by atoms with Gasteiger partial charge in [-0.25, -0.2) is 9.79 Å². The van der Waals surface area contributed by atoms with Crippen LogP contribution in [0.15, 0.2) is 106 Å². The number of nitrogens with zero attached hydrogens (tertiary/aromatic N) is 2. The standard InChI is InChI=1S/C40H35N3O5S/c1-6-48-39(45)33-36(26-15-11-8-12-16-26)42-40-43(37(33)27-17-18-30(46-4)31(21-27)47-5)38(44)32(49-40)22-29-28-20-23(2)19-24(3)34(28)41-35(29)25-13-9-7-10-14-25/h7-22,37,41H,6H2,1-5H3/b32-22+/t37-/m0/s1. The third-order valence-corrected chi connectivity index (χ3v) is 9.71. The number of hydrogen-bond donors (Lipinski definition) is 1. The minimum atomic E-state index is -0.853. The van der Waals surface area contributed by atoms with Gasteiger partial charge in [0.25, 0.3) is 5.56 Å². The highest BCUT2D eigenvalue weighted by Gasteiger charge is 2.35. The lowest BCUT2D eigenvalue weighted by Crippen LogP contribution is -2.40. The highest BCUT2D eigenvalue weighted by atomic mass is 32.1. The number of aryl methyl sites for hydroxylation is 2. The van der Waals surface area contributed by atoms with Crippen molar-refractivity contribution in [1.29, 1.82) is 0 Å². The molecule has 0 unspecified atom stereocenters. The zero-order valence-corrected chi connectivity index (χ0v) is 28.7. The molecule has 1 aliphatic rings. The van der Waals surface area contributed by atoms with Gasteiger partial charge in [0.1, 0.15) is 0 Å². The lowest BCUT2D eigenvalue weighted by molar-refractivity contribution is -0.138. The molecule has 246 valence electrons. The lowest BCUT2D eigenvalue weighted by atomic mass is 9.93. The largest absolute Gasteiger partial charge is 0.493 e. The van der Waals surface area contributed by atoms with E-state index < -0.39 is 12.0 Å². The Morgan fingerprint density at radius 1 is 0.918 bits per heavy atom. The lowest BCUT2D eigenvalue weighted by Gasteiger charge is -2.26. The summed E-state index contributed by atoms with van der Waals surface area (Å²) in [6.07, 6.45) is 1.95. The Kier molecular flexibility index (Phi) is 8.52. The van der Waals surface area contributed by atoms with Crippen molar-refractivity contribution in [2.45, 2.75) is 26.8 Å². The number of H-pyrrole nitrogens is 1. The van der Waals surface area contributed by atoms with Crippen LogP contribution < -0.4 is 24.4 Å². The highest BCUT2D eigenvalue weighted by molar-refractivity contribution is 7.07. The van der Waals surface area contributed by atoms with Crippen molar-refractivity contribution in [2.75, 3.05) is 20.8 Å². The van der Waals surface area contributed by atoms with E-state index in [0.717, 1.165) is 44.4 Å². The molecule has 0 saturated carbocycles. The number of hydrogen-bond acceptors (Lipinski definition) is 7. The van der Waals surface area contributed by atoms with E-state index in [0.29, 0.717) is 32.1 Å². The molecule has 1 atom stereocenters. The summed E-state index contributed by atoms with van der Waals surface area (Å²) in [5.41, 5.74) is 7.94. The van der Waals surface area contributed by atoms with E-state index in [9.17, 15) is 9.59 Å². The summed E-state index contributed by atoms with van der Waals surface area (Å²) < 4.78 is 18.9. The Labute approximate surface area is 287 Å². The summed E-state index contributed by atoms with van der Waals surface area (Å²) in [6, 6.07) is 28.5. The summed E-state index contributed by atoms with van der Waals surface area (Å²) in [5, 5.41) is 1.02. The van der Waals surface area contributed by atoms with Crippen molar-refractivity contribution in [3.05, 3.63) is 144 Å². The number of methoxy groups -OCH3 is 2. The van der Waals surface area contributed by atoms with Crippen LogP contribution in [0.2, 0.25) is 0 Å². The topological polar surface area (TPSA) is 94.9 Å². The van der Waals surface area contributed by atoms with Gasteiger partial charge in [-0.05, 0) is 61.7 Å². The summed E-state index contributed by atoms with van der Waals surface area (Å²) >= 11 is 1.29. The third kappa shape index (κ3) is 5.66.